The van der Waals surface area contributed by atoms with Crippen molar-refractivity contribution in [3.05, 3.63) is 182 Å². The van der Waals surface area contributed by atoms with Crippen molar-refractivity contribution in [1.29, 1.82) is 0 Å². The molecule has 0 aliphatic heterocycles. The quantitative estimate of drug-likeness (QED) is 0.169. The number of hydrogen-bond donors (Lipinski definition) is 0. The molecule has 11 rings (SSSR count). The van der Waals surface area contributed by atoms with E-state index in [1.165, 1.54) is 64.0 Å². The van der Waals surface area contributed by atoms with Crippen LogP contribution in [-0.4, -0.2) is 9.38 Å². The normalized spacial score (nSPS) is 11.8. The van der Waals surface area contributed by atoms with Gasteiger partial charge in [-0.15, -0.1) is 11.3 Å². The van der Waals surface area contributed by atoms with Crippen LogP contribution >= 0.6 is 11.3 Å². The zero-order valence-corrected chi connectivity index (χ0v) is 28.9. The molecule has 0 fully saturated rings. The largest absolute Gasteiger partial charge is 0.291 e. The molecule has 0 spiro atoms. The predicted molar refractivity (Wildman–Crippen MR) is 222 cm³/mol. The van der Waals surface area contributed by atoms with E-state index in [0.29, 0.717) is 0 Å². The van der Waals surface area contributed by atoms with Crippen LogP contribution in [0.5, 0.6) is 0 Å². The molecule has 0 bridgehead atoms. The molecular weight excluding hydrogens is 649 g/mol. The van der Waals surface area contributed by atoms with Crippen LogP contribution in [0, 0.1) is 0 Å². The average molecular weight is 679 g/mol. The second-order valence-corrected chi connectivity index (χ2v) is 14.6. The van der Waals surface area contributed by atoms with Gasteiger partial charge in [0.1, 0.15) is 5.65 Å². The summed E-state index contributed by atoms with van der Waals surface area (Å²) < 4.78 is 5.06. The van der Waals surface area contributed by atoms with E-state index in [1.54, 1.807) is 0 Å². The zero-order chi connectivity index (χ0) is 34.2. The van der Waals surface area contributed by atoms with Crippen LogP contribution in [0.3, 0.4) is 0 Å². The van der Waals surface area contributed by atoms with Crippen LogP contribution in [0.15, 0.2) is 182 Å². The number of nitrogens with zero attached hydrogens (tertiary/aromatic N) is 2. The van der Waals surface area contributed by atoms with Crippen LogP contribution in [-0.2, 0) is 0 Å². The van der Waals surface area contributed by atoms with Gasteiger partial charge in [0.15, 0.2) is 0 Å². The molecular formula is C49H30N2S. The van der Waals surface area contributed by atoms with Gasteiger partial charge < -0.3 is 0 Å². The number of aromatic nitrogens is 2. The molecule has 11 aromatic rings. The van der Waals surface area contributed by atoms with Crippen LogP contribution < -0.4 is 0 Å². The summed E-state index contributed by atoms with van der Waals surface area (Å²) in [5.74, 6) is 0. The first-order valence-corrected chi connectivity index (χ1v) is 18.5. The van der Waals surface area contributed by atoms with Gasteiger partial charge in [0.2, 0.25) is 0 Å². The Morgan fingerprint density at radius 3 is 1.83 bits per heavy atom. The smallest absolute Gasteiger partial charge is 0.146 e. The molecule has 0 unspecified atom stereocenters. The molecule has 2 nitrogen and oxygen atoms in total. The standard InChI is InChI=1S/C49H30N2S/c1-3-12-31(13-4-1)46-47(32-14-5-2-6-15-32)51-44-27-26-36(30-43(44)39-16-7-8-18-42(39)49(51)50-46)34-22-23-35-29-37(25-24-33(35)28-34)38-19-11-20-41-40-17-9-10-21-45(40)52-48(38)41/h1-30H. The summed E-state index contributed by atoms with van der Waals surface area (Å²) in [6, 6.07) is 66.1. The highest BCUT2D eigenvalue weighted by Gasteiger charge is 2.21. The Bertz CT molecular complexity index is 3170. The molecule has 0 aliphatic rings. The van der Waals surface area contributed by atoms with Crippen LogP contribution in [0.4, 0.5) is 0 Å². The minimum atomic E-state index is 0.974. The SMILES string of the molecule is c1ccc(-c2nc3c4ccccc4c4cc(-c5ccc6cc(-c7cccc8c7sc7ccccc78)ccc6c5)ccc4n3c2-c2ccccc2)cc1. The summed E-state index contributed by atoms with van der Waals surface area (Å²) >= 11 is 1.88. The Balaban J connectivity index is 1.08. The second kappa shape index (κ2) is 11.5. The van der Waals surface area contributed by atoms with Crippen molar-refractivity contribution in [2.75, 3.05) is 0 Å². The van der Waals surface area contributed by atoms with E-state index >= 15 is 0 Å². The first-order chi connectivity index (χ1) is 25.8. The summed E-state index contributed by atoms with van der Waals surface area (Å²) in [6.07, 6.45) is 0. The lowest BCUT2D eigenvalue weighted by Gasteiger charge is -2.13. The van der Waals surface area contributed by atoms with Gasteiger partial charge in [-0.2, -0.15) is 0 Å². The van der Waals surface area contributed by atoms with E-state index in [0.717, 1.165) is 39.1 Å². The Hall–Kier alpha value is -6.55. The van der Waals surface area contributed by atoms with E-state index < -0.39 is 0 Å². The summed E-state index contributed by atoms with van der Waals surface area (Å²) in [7, 11) is 0. The Labute approximate surface area is 304 Å². The van der Waals surface area contributed by atoms with Gasteiger partial charge in [-0.1, -0.05) is 152 Å². The number of thiophene rings is 1. The highest BCUT2D eigenvalue weighted by atomic mass is 32.1. The van der Waals surface area contributed by atoms with E-state index in [-0.39, 0.29) is 0 Å². The Kier molecular flexibility index (Phi) is 6.46. The first kappa shape index (κ1) is 29.2. The monoisotopic (exact) mass is 678 g/mol. The summed E-state index contributed by atoms with van der Waals surface area (Å²) in [5.41, 5.74) is 11.4. The minimum Gasteiger partial charge on any atom is -0.291 e. The minimum absolute atomic E-state index is 0.974. The molecule has 0 aliphatic carbocycles. The maximum absolute atomic E-state index is 5.37. The summed E-state index contributed by atoms with van der Waals surface area (Å²) in [5, 5.41) is 8.70. The maximum Gasteiger partial charge on any atom is 0.146 e. The van der Waals surface area contributed by atoms with E-state index in [4.69, 9.17) is 4.98 Å². The number of pyridine rings is 1. The van der Waals surface area contributed by atoms with Crippen molar-refractivity contribution in [1.82, 2.24) is 9.38 Å². The average Bonchev–Trinajstić information content (AvgIpc) is 3.81. The van der Waals surface area contributed by atoms with Gasteiger partial charge in [0, 0.05) is 42.1 Å². The van der Waals surface area contributed by atoms with Gasteiger partial charge in [0.25, 0.3) is 0 Å². The van der Waals surface area contributed by atoms with Crippen molar-refractivity contribution in [2.45, 2.75) is 0 Å². The fraction of sp³-hybridized carbons (Fsp3) is 0. The fourth-order valence-corrected chi connectivity index (χ4v) is 9.34. The third-order valence-electron chi connectivity index (χ3n) is 10.6. The maximum atomic E-state index is 5.37. The zero-order valence-electron chi connectivity index (χ0n) is 28.1. The number of rotatable bonds is 4. The molecule has 0 radical (unpaired) electrons. The highest BCUT2D eigenvalue weighted by Crippen LogP contribution is 2.42. The molecule has 3 aromatic heterocycles. The second-order valence-electron chi connectivity index (χ2n) is 13.5. The van der Waals surface area contributed by atoms with Crippen molar-refractivity contribution >= 4 is 69.6 Å². The van der Waals surface area contributed by atoms with Gasteiger partial charge in [-0.25, -0.2) is 4.98 Å². The lowest BCUT2D eigenvalue weighted by Crippen LogP contribution is -1.95. The number of benzene rings is 8. The van der Waals surface area contributed by atoms with Crippen molar-refractivity contribution in [2.24, 2.45) is 0 Å². The molecule has 0 N–H and O–H groups in total. The van der Waals surface area contributed by atoms with Gasteiger partial charge in [0.05, 0.1) is 16.9 Å². The van der Waals surface area contributed by atoms with E-state index in [9.17, 15) is 0 Å². The molecule has 242 valence electrons. The van der Waals surface area contributed by atoms with Crippen molar-refractivity contribution < 1.29 is 0 Å². The Morgan fingerprint density at radius 1 is 0.404 bits per heavy atom. The third-order valence-corrected chi connectivity index (χ3v) is 11.8. The predicted octanol–water partition coefficient (Wildman–Crippen LogP) is 13.8. The van der Waals surface area contributed by atoms with Crippen molar-refractivity contribution in [3.63, 3.8) is 0 Å². The van der Waals surface area contributed by atoms with Crippen LogP contribution in [0.1, 0.15) is 0 Å². The van der Waals surface area contributed by atoms with Gasteiger partial charge >= 0.3 is 0 Å². The Morgan fingerprint density at radius 2 is 1.02 bits per heavy atom. The summed E-state index contributed by atoms with van der Waals surface area (Å²) in [4.78, 5) is 5.37. The lowest BCUT2D eigenvalue weighted by atomic mass is 9.95. The van der Waals surface area contributed by atoms with Crippen LogP contribution in [0.25, 0.3) is 103 Å². The topological polar surface area (TPSA) is 17.3 Å². The van der Waals surface area contributed by atoms with E-state index in [2.05, 4.69) is 186 Å². The number of fused-ring (bicyclic) bond motifs is 10. The molecule has 0 amide bonds. The molecule has 52 heavy (non-hydrogen) atoms. The van der Waals surface area contributed by atoms with Crippen LogP contribution in [0.2, 0.25) is 0 Å². The molecule has 8 aromatic carbocycles. The molecule has 3 heteroatoms. The molecule has 3 heterocycles. The van der Waals surface area contributed by atoms with Crippen molar-refractivity contribution in [3.8, 4) is 44.8 Å². The third kappa shape index (κ3) is 4.46. The molecule has 0 saturated heterocycles. The van der Waals surface area contributed by atoms with Gasteiger partial charge in [-0.05, 0) is 68.7 Å². The first-order valence-electron chi connectivity index (χ1n) is 17.7. The molecule has 0 saturated carbocycles. The number of imidazole rings is 1. The highest BCUT2D eigenvalue weighted by molar-refractivity contribution is 7.26. The summed E-state index contributed by atoms with van der Waals surface area (Å²) in [6.45, 7) is 0. The molecule has 0 atom stereocenters. The van der Waals surface area contributed by atoms with Gasteiger partial charge in [-0.3, -0.25) is 4.40 Å². The van der Waals surface area contributed by atoms with E-state index in [1.807, 2.05) is 11.3 Å². The fourth-order valence-electron chi connectivity index (χ4n) is 8.10. The number of hydrogen-bond acceptors (Lipinski definition) is 2. The lowest BCUT2D eigenvalue weighted by molar-refractivity contribution is 1.27.